The van der Waals surface area contributed by atoms with Gasteiger partial charge in [0.2, 0.25) is 5.91 Å². The predicted molar refractivity (Wildman–Crippen MR) is 126 cm³/mol. The van der Waals surface area contributed by atoms with Gasteiger partial charge in [-0.1, -0.05) is 32.0 Å². The number of anilines is 1. The van der Waals surface area contributed by atoms with Crippen molar-refractivity contribution in [1.82, 2.24) is 10.6 Å². The lowest BCUT2D eigenvalue weighted by Crippen LogP contribution is -2.37. The standard InChI is InChI=1S/C24H34N4O3/c1-17(2)13-23(29)28-20-8-6-7-19(14-20)16-27-24(25-3)26-12-11-18-9-10-21(30-4)22(15-18)31-5/h6-10,14-15,17H,11-13,16H2,1-5H3,(H,28,29)(H2,25,26,27). The van der Waals surface area contributed by atoms with Crippen LogP contribution in [0.15, 0.2) is 47.5 Å². The highest BCUT2D eigenvalue weighted by Crippen LogP contribution is 2.27. The Labute approximate surface area is 185 Å². The zero-order valence-electron chi connectivity index (χ0n) is 19.1. The van der Waals surface area contributed by atoms with Crippen LogP contribution in [0.4, 0.5) is 5.69 Å². The number of hydrogen-bond acceptors (Lipinski definition) is 4. The molecule has 0 heterocycles. The van der Waals surface area contributed by atoms with E-state index in [0.29, 0.717) is 18.9 Å². The van der Waals surface area contributed by atoms with Gasteiger partial charge in [0.25, 0.3) is 0 Å². The summed E-state index contributed by atoms with van der Waals surface area (Å²) in [7, 11) is 5.01. The first-order valence-corrected chi connectivity index (χ1v) is 10.5. The summed E-state index contributed by atoms with van der Waals surface area (Å²) in [5.41, 5.74) is 3.01. The van der Waals surface area contributed by atoms with E-state index in [2.05, 4.69) is 20.9 Å². The van der Waals surface area contributed by atoms with E-state index in [0.717, 1.165) is 47.2 Å². The van der Waals surface area contributed by atoms with Crippen LogP contribution in [0.5, 0.6) is 11.5 Å². The monoisotopic (exact) mass is 426 g/mol. The fraction of sp³-hybridized carbons (Fsp3) is 0.417. The highest BCUT2D eigenvalue weighted by molar-refractivity contribution is 5.90. The maximum atomic E-state index is 12.0. The number of hydrogen-bond donors (Lipinski definition) is 3. The van der Waals surface area contributed by atoms with Crippen molar-refractivity contribution in [3.8, 4) is 11.5 Å². The Morgan fingerprint density at radius 3 is 2.45 bits per heavy atom. The van der Waals surface area contributed by atoms with Crippen LogP contribution < -0.4 is 25.4 Å². The highest BCUT2D eigenvalue weighted by atomic mass is 16.5. The molecule has 31 heavy (non-hydrogen) atoms. The predicted octanol–water partition coefficient (Wildman–Crippen LogP) is 3.60. The number of carbonyl (C=O) groups is 1. The third-order valence-electron chi connectivity index (χ3n) is 4.64. The lowest BCUT2D eigenvalue weighted by Gasteiger charge is -2.14. The quantitative estimate of drug-likeness (QED) is 0.399. The zero-order valence-corrected chi connectivity index (χ0v) is 19.1. The topological polar surface area (TPSA) is 84.0 Å². The number of aliphatic imine (C=N–C) groups is 1. The van der Waals surface area contributed by atoms with Gasteiger partial charge in [0.1, 0.15) is 0 Å². The normalized spacial score (nSPS) is 11.2. The van der Waals surface area contributed by atoms with Crippen molar-refractivity contribution in [3.63, 3.8) is 0 Å². The largest absolute Gasteiger partial charge is 0.493 e. The summed E-state index contributed by atoms with van der Waals surface area (Å²) in [6, 6.07) is 13.7. The van der Waals surface area contributed by atoms with E-state index in [1.165, 1.54) is 0 Å². The average molecular weight is 427 g/mol. The summed E-state index contributed by atoms with van der Waals surface area (Å²) in [5, 5.41) is 9.58. The van der Waals surface area contributed by atoms with Crippen molar-refractivity contribution < 1.29 is 14.3 Å². The van der Waals surface area contributed by atoms with Gasteiger partial charge >= 0.3 is 0 Å². The summed E-state index contributed by atoms with van der Waals surface area (Å²) in [6.45, 7) is 5.39. The van der Waals surface area contributed by atoms with Gasteiger partial charge in [-0.15, -0.1) is 0 Å². The highest BCUT2D eigenvalue weighted by Gasteiger charge is 2.07. The van der Waals surface area contributed by atoms with E-state index < -0.39 is 0 Å². The minimum Gasteiger partial charge on any atom is -0.493 e. The van der Waals surface area contributed by atoms with Gasteiger partial charge in [0.05, 0.1) is 14.2 Å². The second-order valence-corrected chi connectivity index (χ2v) is 7.64. The Balaban J connectivity index is 1.83. The second-order valence-electron chi connectivity index (χ2n) is 7.64. The molecule has 0 atom stereocenters. The maximum absolute atomic E-state index is 12.0. The maximum Gasteiger partial charge on any atom is 0.224 e. The molecule has 0 aliphatic carbocycles. The van der Waals surface area contributed by atoms with Crippen LogP contribution in [0.1, 0.15) is 31.4 Å². The van der Waals surface area contributed by atoms with E-state index >= 15 is 0 Å². The van der Waals surface area contributed by atoms with Crippen molar-refractivity contribution in [1.29, 1.82) is 0 Å². The second kappa shape index (κ2) is 12.5. The van der Waals surface area contributed by atoms with Gasteiger partial charge in [-0.05, 0) is 47.7 Å². The molecule has 2 aromatic carbocycles. The Bertz CT molecular complexity index is 881. The molecule has 0 spiro atoms. The van der Waals surface area contributed by atoms with Gasteiger partial charge in [-0.3, -0.25) is 9.79 Å². The molecule has 0 fully saturated rings. The zero-order chi connectivity index (χ0) is 22.6. The fourth-order valence-electron chi connectivity index (χ4n) is 3.11. The molecule has 1 amide bonds. The van der Waals surface area contributed by atoms with Crippen molar-refractivity contribution in [2.75, 3.05) is 33.1 Å². The number of carbonyl (C=O) groups excluding carboxylic acids is 1. The van der Waals surface area contributed by atoms with Crippen molar-refractivity contribution in [2.24, 2.45) is 10.9 Å². The molecule has 0 aliphatic rings. The van der Waals surface area contributed by atoms with Gasteiger partial charge in [0.15, 0.2) is 17.5 Å². The van der Waals surface area contributed by atoms with Gasteiger partial charge < -0.3 is 25.4 Å². The number of guanidine groups is 1. The molecule has 2 rings (SSSR count). The SMILES string of the molecule is CN=C(NCCc1ccc(OC)c(OC)c1)NCc1cccc(NC(=O)CC(C)C)c1. The van der Waals surface area contributed by atoms with E-state index in [-0.39, 0.29) is 5.91 Å². The number of methoxy groups -OCH3 is 2. The van der Waals surface area contributed by atoms with E-state index in [9.17, 15) is 4.79 Å². The first-order valence-electron chi connectivity index (χ1n) is 10.5. The van der Waals surface area contributed by atoms with Crippen LogP contribution in [0.25, 0.3) is 0 Å². The van der Waals surface area contributed by atoms with Gasteiger partial charge in [-0.25, -0.2) is 0 Å². The van der Waals surface area contributed by atoms with E-state index in [1.807, 2.05) is 56.3 Å². The van der Waals surface area contributed by atoms with Gasteiger partial charge in [0, 0.05) is 32.2 Å². The number of rotatable bonds is 10. The minimum absolute atomic E-state index is 0.0350. The molecule has 0 bridgehead atoms. The molecular formula is C24H34N4O3. The van der Waals surface area contributed by atoms with E-state index in [1.54, 1.807) is 21.3 Å². The first-order chi connectivity index (χ1) is 14.9. The summed E-state index contributed by atoms with van der Waals surface area (Å²) in [6.07, 6.45) is 1.33. The summed E-state index contributed by atoms with van der Waals surface area (Å²) < 4.78 is 10.6. The summed E-state index contributed by atoms with van der Waals surface area (Å²) >= 11 is 0. The minimum atomic E-state index is 0.0350. The molecule has 0 saturated heterocycles. The molecule has 0 radical (unpaired) electrons. The van der Waals surface area contributed by atoms with Crippen molar-refractivity contribution in [2.45, 2.75) is 33.2 Å². The van der Waals surface area contributed by atoms with Crippen LogP contribution in [-0.2, 0) is 17.8 Å². The number of amides is 1. The molecule has 2 aromatic rings. The van der Waals surface area contributed by atoms with Gasteiger partial charge in [-0.2, -0.15) is 0 Å². The molecule has 0 aliphatic heterocycles. The Morgan fingerprint density at radius 2 is 1.77 bits per heavy atom. The Kier molecular flexibility index (Phi) is 9.68. The van der Waals surface area contributed by atoms with Crippen molar-refractivity contribution in [3.05, 3.63) is 53.6 Å². The number of ether oxygens (including phenoxy) is 2. The smallest absolute Gasteiger partial charge is 0.224 e. The molecule has 0 unspecified atom stereocenters. The molecule has 3 N–H and O–H groups in total. The molecule has 0 saturated carbocycles. The first kappa shape index (κ1) is 24.1. The molecular weight excluding hydrogens is 392 g/mol. The van der Waals surface area contributed by atoms with E-state index in [4.69, 9.17) is 9.47 Å². The third-order valence-corrected chi connectivity index (χ3v) is 4.64. The molecule has 7 heteroatoms. The molecule has 0 aromatic heterocycles. The van der Waals surface area contributed by atoms with Crippen LogP contribution in [0, 0.1) is 5.92 Å². The van der Waals surface area contributed by atoms with Crippen molar-refractivity contribution >= 4 is 17.6 Å². The van der Waals surface area contributed by atoms with Crippen LogP contribution in [-0.4, -0.2) is 39.7 Å². The third kappa shape index (κ3) is 8.20. The lowest BCUT2D eigenvalue weighted by molar-refractivity contribution is -0.116. The number of nitrogens with zero attached hydrogens (tertiary/aromatic N) is 1. The lowest BCUT2D eigenvalue weighted by atomic mass is 10.1. The van der Waals surface area contributed by atoms with Crippen LogP contribution in [0.2, 0.25) is 0 Å². The number of benzene rings is 2. The number of nitrogens with one attached hydrogen (secondary N) is 3. The Hall–Kier alpha value is -3.22. The summed E-state index contributed by atoms with van der Waals surface area (Å²) in [4.78, 5) is 16.3. The summed E-state index contributed by atoms with van der Waals surface area (Å²) in [5.74, 6) is 2.53. The fourth-order valence-corrected chi connectivity index (χ4v) is 3.11. The Morgan fingerprint density at radius 1 is 1.00 bits per heavy atom. The average Bonchev–Trinajstić information content (AvgIpc) is 2.75. The van der Waals surface area contributed by atoms with Crippen LogP contribution in [0.3, 0.4) is 0 Å². The van der Waals surface area contributed by atoms with Crippen LogP contribution >= 0.6 is 0 Å². The molecule has 168 valence electrons. The molecule has 7 nitrogen and oxygen atoms in total.